The second-order valence-corrected chi connectivity index (χ2v) is 5.38. The number of benzene rings is 1. The van der Waals surface area contributed by atoms with Crippen molar-refractivity contribution in [3.05, 3.63) is 29.8 Å². The first-order chi connectivity index (χ1) is 9.19. The molecule has 108 valence electrons. The SMILES string of the molecule is CCCC(C)CC(CCc1ccc(OC)cc1)NN. The van der Waals surface area contributed by atoms with Gasteiger partial charge in [-0.05, 0) is 42.9 Å². The normalized spacial score (nSPS) is 14.1. The maximum absolute atomic E-state index is 5.66. The van der Waals surface area contributed by atoms with E-state index in [4.69, 9.17) is 10.6 Å². The fraction of sp³-hybridized carbons (Fsp3) is 0.625. The molecule has 1 aromatic rings. The van der Waals surface area contributed by atoms with Gasteiger partial charge in [0, 0.05) is 6.04 Å². The fourth-order valence-corrected chi connectivity index (χ4v) is 2.50. The van der Waals surface area contributed by atoms with Crippen molar-refractivity contribution in [2.45, 2.75) is 52.0 Å². The van der Waals surface area contributed by atoms with Crippen LogP contribution in [0.15, 0.2) is 24.3 Å². The highest BCUT2D eigenvalue weighted by Gasteiger charge is 2.11. The minimum atomic E-state index is 0.406. The third-order valence-electron chi connectivity index (χ3n) is 3.64. The van der Waals surface area contributed by atoms with E-state index in [0.717, 1.165) is 30.9 Å². The Balaban J connectivity index is 2.39. The molecule has 2 unspecified atom stereocenters. The summed E-state index contributed by atoms with van der Waals surface area (Å²) in [6.45, 7) is 4.54. The van der Waals surface area contributed by atoms with E-state index in [0.29, 0.717) is 6.04 Å². The lowest BCUT2D eigenvalue weighted by Gasteiger charge is -2.20. The standard InChI is InChI=1S/C16H28N2O/c1-4-5-13(2)12-15(18-17)9-6-14-7-10-16(19-3)11-8-14/h7-8,10-11,13,15,18H,4-6,9,12,17H2,1-3H3. The molecule has 0 spiro atoms. The molecule has 0 aliphatic carbocycles. The number of ether oxygens (including phenoxy) is 1. The number of hydrazine groups is 1. The van der Waals surface area contributed by atoms with Crippen LogP contribution in [-0.2, 0) is 6.42 Å². The maximum Gasteiger partial charge on any atom is 0.118 e. The Morgan fingerprint density at radius 1 is 1.21 bits per heavy atom. The molecule has 0 amide bonds. The minimum absolute atomic E-state index is 0.406. The molecule has 3 nitrogen and oxygen atoms in total. The van der Waals surface area contributed by atoms with Gasteiger partial charge in [0.15, 0.2) is 0 Å². The molecule has 0 aliphatic rings. The summed E-state index contributed by atoms with van der Waals surface area (Å²) in [4.78, 5) is 0. The summed E-state index contributed by atoms with van der Waals surface area (Å²) < 4.78 is 5.16. The largest absolute Gasteiger partial charge is 0.497 e. The fourth-order valence-electron chi connectivity index (χ4n) is 2.50. The summed E-state index contributed by atoms with van der Waals surface area (Å²) in [5.74, 6) is 7.31. The zero-order chi connectivity index (χ0) is 14.1. The Bertz CT molecular complexity index is 337. The average Bonchev–Trinajstić information content (AvgIpc) is 2.44. The maximum atomic E-state index is 5.66. The van der Waals surface area contributed by atoms with Crippen molar-refractivity contribution in [2.24, 2.45) is 11.8 Å². The topological polar surface area (TPSA) is 47.3 Å². The number of nitrogens with two attached hydrogens (primary N) is 1. The highest BCUT2D eigenvalue weighted by atomic mass is 16.5. The quantitative estimate of drug-likeness (QED) is 0.531. The Kier molecular flexibility index (Phi) is 7.53. The lowest BCUT2D eigenvalue weighted by molar-refractivity contribution is 0.371. The van der Waals surface area contributed by atoms with Crippen molar-refractivity contribution >= 4 is 0 Å². The molecule has 1 aromatic carbocycles. The second-order valence-electron chi connectivity index (χ2n) is 5.38. The first-order valence-electron chi connectivity index (χ1n) is 7.28. The first-order valence-corrected chi connectivity index (χ1v) is 7.28. The summed E-state index contributed by atoms with van der Waals surface area (Å²) in [5.41, 5.74) is 4.30. The lowest BCUT2D eigenvalue weighted by atomic mass is 9.94. The van der Waals surface area contributed by atoms with Gasteiger partial charge in [0.1, 0.15) is 5.75 Å². The monoisotopic (exact) mass is 264 g/mol. The molecule has 1 rings (SSSR count). The third kappa shape index (κ3) is 6.08. The van der Waals surface area contributed by atoms with E-state index >= 15 is 0 Å². The molecule has 0 heterocycles. The number of nitrogens with one attached hydrogen (secondary N) is 1. The van der Waals surface area contributed by atoms with Crippen molar-refractivity contribution in [1.82, 2.24) is 5.43 Å². The Labute approximate surface area is 117 Å². The number of aryl methyl sites for hydroxylation is 1. The molecule has 3 N–H and O–H groups in total. The van der Waals surface area contributed by atoms with Crippen molar-refractivity contribution < 1.29 is 4.74 Å². The van der Waals surface area contributed by atoms with Crippen molar-refractivity contribution in [1.29, 1.82) is 0 Å². The molecule has 0 saturated carbocycles. The van der Waals surface area contributed by atoms with Crippen LogP contribution in [0.4, 0.5) is 0 Å². The van der Waals surface area contributed by atoms with Gasteiger partial charge in [-0.3, -0.25) is 11.3 Å². The lowest BCUT2D eigenvalue weighted by Crippen LogP contribution is -2.36. The van der Waals surface area contributed by atoms with E-state index in [-0.39, 0.29) is 0 Å². The third-order valence-corrected chi connectivity index (χ3v) is 3.64. The van der Waals surface area contributed by atoms with Gasteiger partial charge in [-0.15, -0.1) is 0 Å². The van der Waals surface area contributed by atoms with Gasteiger partial charge in [0.25, 0.3) is 0 Å². The zero-order valence-electron chi connectivity index (χ0n) is 12.5. The van der Waals surface area contributed by atoms with E-state index in [1.807, 2.05) is 12.1 Å². The Morgan fingerprint density at radius 2 is 1.89 bits per heavy atom. The highest BCUT2D eigenvalue weighted by Crippen LogP contribution is 2.17. The number of hydrogen-bond donors (Lipinski definition) is 2. The Morgan fingerprint density at radius 3 is 2.42 bits per heavy atom. The molecule has 0 saturated heterocycles. The van der Waals surface area contributed by atoms with Crippen LogP contribution in [0.2, 0.25) is 0 Å². The average molecular weight is 264 g/mol. The van der Waals surface area contributed by atoms with Crippen LogP contribution >= 0.6 is 0 Å². The molecule has 19 heavy (non-hydrogen) atoms. The van der Waals surface area contributed by atoms with Gasteiger partial charge in [0.2, 0.25) is 0 Å². The van der Waals surface area contributed by atoms with E-state index in [2.05, 4.69) is 31.4 Å². The second kappa shape index (κ2) is 8.94. The van der Waals surface area contributed by atoms with Crippen LogP contribution < -0.4 is 16.0 Å². The van der Waals surface area contributed by atoms with Crippen LogP contribution in [0.1, 0.15) is 45.1 Å². The number of methoxy groups -OCH3 is 1. The predicted octanol–water partition coefficient (Wildman–Crippen LogP) is 3.29. The van der Waals surface area contributed by atoms with Crippen molar-refractivity contribution in [3.63, 3.8) is 0 Å². The molecule has 2 atom stereocenters. The number of rotatable bonds is 9. The smallest absolute Gasteiger partial charge is 0.118 e. The molecule has 0 bridgehead atoms. The van der Waals surface area contributed by atoms with E-state index in [9.17, 15) is 0 Å². The Hall–Kier alpha value is -1.06. The van der Waals surface area contributed by atoms with Crippen LogP contribution in [0, 0.1) is 5.92 Å². The van der Waals surface area contributed by atoms with Gasteiger partial charge in [-0.25, -0.2) is 0 Å². The molecule has 3 heteroatoms. The summed E-state index contributed by atoms with van der Waals surface area (Å²) >= 11 is 0. The van der Waals surface area contributed by atoms with Gasteiger partial charge in [0.05, 0.1) is 7.11 Å². The van der Waals surface area contributed by atoms with Gasteiger partial charge in [-0.1, -0.05) is 38.8 Å². The zero-order valence-corrected chi connectivity index (χ0v) is 12.5. The molecule has 0 aromatic heterocycles. The molecular formula is C16H28N2O. The first kappa shape index (κ1) is 16.0. The van der Waals surface area contributed by atoms with Crippen LogP contribution in [-0.4, -0.2) is 13.2 Å². The predicted molar refractivity (Wildman–Crippen MR) is 81.1 cm³/mol. The summed E-state index contributed by atoms with van der Waals surface area (Å²) in [5, 5.41) is 0. The molecule has 0 aliphatic heterocycles. The van der Waals surface area contributed by atoms with Gasteiger partial charge < -0.3 is 4.74 Å². The van der Waals surface area contributed by atoms with E-state index < -0.39 is 0 Å². The minimum Gasteiger partial charge on any atom is -0.497 e. The van der Waals surface area contributed by atoms with Gasteiger partial charge in [-0.2, -0.15) is 0 Å². The highest BCUT2D eigenvalue weighted by molar-refractivity contribution is 5.27. The van der Waals surface area contributed by atoms with Crippen LogP contribution in [0.5, 0.6) is 5.75 Å². The summed E-state index contributed by atoms with van der Waals surface area (Å²) in [6.07, 6.45) is 5.81. The number of hydrogen-bond acceptors (Lipinski definition) is 3. The van der Waals surface area contributed by atoms with Crippen LogP contribution in [0.3, 0.4) is 0 Å². The summed E-state index contributed by atoms with van der Waals surface area (Å²) in [7, 11) is 1.69. The van der Waals surface area contributed by atoms with Crippen LogP contribution in [0.25, 0.3) is 0 Å². The van der Waals surface area contributed by atoms with E-state index in [1.54, 1.807) is 7.11 Å². The van der Waals surface area contributed by atoms with E-state index in [1.165, 1.54) is 18.4 Å². The van der Waals surface area contributed by atoms with Gasteiger partial charge >= 0.3 is 0 Å². The molecule has 0 fully saturated rings. The van der Waals surface area contributed by atoms with Crippen molar-refractivity contribution in [2.75, 3.05) is 7.11 Å². The summed E-state index contributed by atoms with van der Waals surface area (Å²) in [6, 6.07) is 8.69. The van der Waals surface area contributed by atoms with Crippen molar-refractivity contribution in [3.8, 4) is 5.75 Å². The molecule has 0 radical (unpaired) electrons. The molecular weight excluding hydrogens is 236 g/mol.